The first-order chi connectivity index (χ1) is 16.1. The van der Waals surface area contributed by atoms with E-state index in [4.69, 9.17) is 20.5 Å². The zero-order chi connectivity index (χ0) is 24.9. The lowest BCUT2D eigenvalue weighted by atomic mass is 10.1. The van der Waals surface area contributed by atoms with Crippen LogP contribution in [-0.2, 0) is 14.9 Å². The first kappa shape index (κ1) is 24.8. The number of anilines is 1. The van der Waals surface area contributed by atoms with Crippen molar-refractivity contribution in [3.05, 3.63) is 87.9 Å². The monoisotopic (exact) mass is 496 g/mol. The largest absolute Gasteiger partial charge is 0.493 e. The van der Waals surface area contributed by atoms with Crippen molar-refractivity contribution in [3.8, 4) is 17.6 Å². The molecule has 3 rings (SSSR count). The summed E-state index contributed by atoms with van der Waals surface area (Å²) in [5.41, 5.74) is 2.46. The van der Waals surface area contributed by atoms with E-state index in [1.165, 1.54) is 43.5 Å². The first-order valence-electron chi connectivity index (χ1n) is 10.0. The Hall–Kier alpha value is -3.80. The lowest BCUT2D eigenvalue weighted by Crippen LogP contribution is -2.14. The van der Waals surface area contributed by atoms with Crippen LogP contribution < -0.4 is 14.2 Å². The number of hydrogen-bond donors (Lipinski definition) is 1. The molecule has 9 heteroatoms. The van der Waals surface area contributed by atoms with Crippen molar-refractivity contribution < 1.29 is 22.1 Å². The summed E-state index contributed by atoms with van der Waals surface area (Å²) >= 11 is 5.98. The average Bonchev–Trinajstić information content (AvgIpc) is 2.80. The van der Waals surface area contributed by atoms with Crippen molar-refractivity contribution >= 4 is 39.4 Å². The number of hydrogen-bond acceptors (Lipinski definition) is 6. The number of carbonyl (C=O) groups is 1. The van der Waals surface area contributed by atoms with Gasteiger partial charge in [0.05, 0.1) is 7.11 Å². The second-order valence-electron chi connectivity index (χ2n) is 7.34. The van der Waals surface area contributed by atoms with Gasteiger partial charge in [0.2, 0.25) is 0 Å². The van der Waals surface area contributed by atoms with Crippen LogP contribution in [0.4, 0.5) is 5.69 Å². The second kappa shape index (κ2) is 10.4. The van der Waals surface area contributed by atoms with Gasteiger partial charge in [-0.1, -0.05) is 41.4 Å². The Balaban J connectivity index is 1.86. The molecule has 0 aliphatic carbocycles. The highest BCUT2D eigenvalue weighted by molar-refractivity contribution is 7.87. The van der Waals surface area contributed by atoms with Crippen LogP contribution in [0.5, 0.6) is 11.5 Å². The molecule has 0 bridgehead atoms. The summed E-state index contributed by atoms with van der Waals surface area (Å²) in [6, 6.07) is 17.5. The molecule has 0 aliphatic heterocycles. The minimum atomic E-state index is -4.08. The highest BCUT2D eigenvalue weighted by Crippen LogP contribution is 2.31. The van der Waals surface area contributed by atoms with Crippen LogP contribution in [0, 0.1) is 25.2 Å². The number of carbonyl (C=O) groups excluding carboxylic acids is 1. The first-order valence-corrected chi connectivity index (χ1v) is 11.8. The minimum absolute atomic E-state index is 0.00359. The molecule has 0 aliphatic rings. The smallest absolute Gasteiger partial charge is 0.339 e. The summed E-state index contributed by atoms with van der Waals surface area (Å²) in [5, 5.41) is 12.6. The third kappa shape index (κ3) is 5.95. The van der Waals surface area contributed by atoms with Gasteiger partial charge in [0, 0.05) is 10.7 Å². The lowest BCUT2D eigenvalue weighted by molar-refractivity contribution is -0.112. The van der Waals surface area contributed by atoms with Crippen molar-refractivity contribution in [2.24, 2.45) is 0 Å². The maximum absolute atomic E-state index is 12.6. The average molecular weight is 497 g/mol. The van der Waals surface area contributed by atoms with Crippen LogP contribution in [0.25, 0.3) is 6.08 Å². The summed E-state index contributed by atoms with van der Waals surface area (Å²) in [6.07, 6.45) is 1.36. The van der Waals surface area contributed by atoms with Crippen LogP contribution in [0.1, 0.15) is 16.7 Å². The van der Waals surface area contributed by atoms with E-state index < -0.39 is 16.0 Å². The molecule has 0 aromatic heterocycles. The summed E-state index contributed by atoms with van der Waals surface area (Å²) in [6.45, 7) is 3.65. The molecule has 0 atom stereocenters. The van der Waals surface area contributed by atoms with Crippen molar-refractivity contribution in [2.75, 3.05) is 12.4 Å². The number of rotatable bonds is 7. The van der Waals surface area contributed by atoms with Crippen LogP contribution in [0.15, 0.2) is 71.1 Å². The van der Waals surface area contributed by atoms with Gasteiger partial charge in [-0.3, -0.25) is 4.79 Å². The van der Waals surface area contributed by atoms with E-state index in [1.54, 1.807) is 37.3 Å². The number of nitrogens with one attached hydrogen (secondary N) is 1. The highest BCUT2D eigenvalue weighted by Gasteiger charge is 2.19. The molecule has 7 nitrogen and oxygen atoms in total. The van der Waals surface area contributed by atoms with E-state index in [1.807, 2.05) is 13.0 Å². The van der Waals surface area contributed by atoms with E-state index in [0.717, 1.165) is 11.1 Å². The Morgan fingerprint density at radius 3 is 2.38 bits per heavy atom. The fourth-order valence-electron chi connectivity index (χ4n) is 2.95. The zero-order valence-corrected chi connectivity index (χ0v) is 20.2. The number of aryl methyl sites for hydroxylation is 2. The molecule has 0 saturated carbocycles. The number of ether oxygens (including phenoxy) is 1. The zero-order valence-electron chi connectivity index (χ0n) is 18.6. The van der Waals surface area contributed by atoms with Crippen LogP contribution in [-0.4, -0.2) is 21.4 Å². The molecule has 0 unspecified atom stereocenters. The number of halogens is 1. The minimum Gasteiger partial charge on any atom is -0.493 e. The van der Waals surface area contributed by atoms with Crippen LogP contribution in [0.2, 0.25) is 5.02 Å². The fourth-order valence-corrected chi connectivity index (χ4v) is 4.06. The van der Waals surface area contributed by atoms with Gasteiger partial charge < -0.3 is 14.2 Å². The molecule has 0 fully saturated rings. The summed E-state index contributed by atoms with van der Waals surface area (Å²) < 4.78 is 35.7. The molecule has 3 aromatic carbocycles. The molecular formula is C25H21ClN2O5S. The lowest BCUT2D eigenvalue weighted by Gasteiger charge is -2.12. The van der Waals surface area contributed by atoms with Crippen molar-refractivity contribution in [2.45, 2.75) is 18.7 Å². The Bertz CT molecular complexity index is 1410. The van der Waals surface area contributed by atoms with Crippen molar-refractivity contribution in [1.29, 1.82) is 5.26 Å². The van der Waals surface area contributed by atoms with Gasteiger partial charge in [-0.15, -0.1) is 0 Å². The standard InChI is InChI=1S/C25H21ClN2O5S/c1-16-4-9-21(10-5-16)34(30,31)33-23-11-7-18(13-24(23)32-3)12-19(15-27)25(29)28-22-14-20(26)8-6-17(22)2/h4-14H,1-3H3,(H,28,29)/b19-12+. The van der Waals surface area contributed by atoms with E-state index in [2.05, 4.69) is 5.32 Å². The molecule has 1 N–H and O–H groups in total. The molecule has 0 spiro atoms. The molecule has 3 aromatic rings. The third-order valence-electron chi connectivity index (χ3n) is 4.82. The maximum atomic E-state index is 12.6. The molecule has 0 radical (unpaired) electrons. The van der Waals surface area contributed by atoms with Gasteiger partial charge in [-0.05, 0) is 67.4 Å². The fraction of sp³-hybridized carbons (Fsp3) is 0.120. The molecule has 174 valence electrons. The third-order valence-corrected chi connectivity index (χ3v) is 6.30. The van der Waals surface area contributed by atoms with E-state index in [0.29, 0.717) is 16.3 Å². The number of nitrogens with zero attached hydrogens (tertiary/aromatic N) is 1. The quantitative estimate of drug-likeness (QED) is 0.271. The Labute approximate surface area is 203 Å². The van der Waals surface area contributed by atoms with Gasteiger partial charge in [0.1, 0.15) is 16.5 Å². The number of benzene rings is 3. The SMILES string of the molecule is COc1cc(/C=C(\C#N)C(=O)Nc2cc(Cl)ccc2C)ccc1OS(=O)(=O)c1ccc(C)cc1. The summed E-state index contributed by atoms with van der Waals surface area (Å²) in [4.78, 5) is 12.6. The predicted molar refractivity (Wildman–Crippen MR) is 130 cm³/mol. The van der Waals surface area contributed by atoms with Crippen molar-refractivity contribution in [1.82, 2.24) is 0 Å². The summed E-state index contributed by atoms with van der Waals surface area (Å²) in [5.74, 6) is -0.528. The number of nitriles is 1. The number of methoxy groups -OCH3 is 1. The predicted octanol–water partition coefficient (Wildman–Crippen LogP) is 5.28. The second-order valence-corrected chi connectivity index (χ2v) is 9.33. The van der Waals surface area contributed by atoms with E-state index in [9.17, 15) is 18.5 Å². The highest BCUT2D eigenvalue weighted by atomic mass is 35.5. The van der Waals surface area contributed by atoms with Gasteiger partial charge in [0.25, 0.3) is 5.91 Å². The molecular weight excluding hydrogens is 476 g/mol. The molecule has 0 saturated heterocycles. The van der Waals surface area contributed by atoms with Gasteiger partial charge in [-0.25, -0.2) is 0 Å². The number of amides is 1. The molecule has 34 heavy (non-hydrogen) atoms. The van der Waals surface area contributed by atoms with E-state index >= 15 is 0 Å². The normalized spacial score (nSPS) is 11.4. The topological polar surface area (TPSA) is 105 Å². The van der Waals surface area contributed by atoms with Gasteiger partial charge in [0.15, 0.2) is 11.5 Å². The van der Waals surface area contributed by atoms with Gasteiger partial charge >= 0.3 is 10.1 Å². The Morgan fingerprint density at radius 1 is 1.03 bits per heavy atom. The molecule has 0 heterocycles. The summed E-state index contributed by atoms with van der Waals surface area (Å²) in [7, 11) is -2.73. The Morgan fingerprint density at radius 2 is 1.74 bits per heavy atom. The van der Waals surface area contributed by atoms with Crippen LogP contribution in [0.3, 0.4) is 0 Å². The van der Waals surface area contributed by atoms with E-state index in [-0.39, 0.29) is 22.0 Å². The van der Waals surface area contributed by atoms with Crippen molar-refractivity contribution in [3.63, 3.8) is 0 Å². The van der Waals surface area contributed by atoms with Crippen LogP contribution >= 0.6 is 11.6 Å². The Kier molecular flexibility index (Phi) is 7.61. The van der Waals surface area contributed by atoms with Gasteiger partial charge in [-0.2, -0.15) is 13.7 Å². The maximum Gasteiger partial charge on any atom is 0.339 e. The molecule has 1 amide bonds.